The van der Waals surface area contributed by atoms with E-state index in [1.807, 2.05) is 26.1 Å². The van der Waals surface area contributed by atoms with Crippen molar-refractivity contribution in [2.24, 2.45) is 11.8 Å². The van der Waals surface area contributed by atoms with Crippen LogP contribution >= 0.6 is 0 Å². The Morgan fingerprint density at radius 1 is 1.00 bits per heavy atom. The highest BCUT2D eigenvalue weighted by molar-refractivity contribution is 5.90. The molecular formula is C31H49N5O7. The number of hydrogen-bond donors (Lipinski definition) is 4. The van der Waals surface area contributed by atoms with Crippen LogP contribution in [0.4, 0.5) is 5.69 Å². The minimum absolute atomic E-state index is 0.0398. The van der Waals surface area contributed by atoms with Gasteiger partial charge < -0.3 is 30.3 Å². The Bertz CT molecular complexity index is 1050. The topological polar surface area (TPSA) is 150 Å². The van der Waals surface area contributed by atoms with Crippen LogP contribution < -0.4 is 16.1 Å². The summed E-state index contributed by atoms with van der Waals surface area (Å²) in [6, 6.07) is 7.37. The predicted molar refractivity (Wildman–Crippen MR) is 162 cm³/mol. The molecule has 2 fully saturated rings. The van der Waals surface area contributed by atoms with Crippen molar-refractivity contribution in [3.8, 4) is 0 Å². The molecule has 3 atom stereocenters. The molecule has 3 unspecified atom stereocenters. The molecule has 3 rings (SSSR count). The molecule has 3 amide bonds. The van der Waals surface area contributed by atoms with Crippen LogP contribution in [0.3, 0.4) is 0 Å². The smallest absolute Gasteiger partial charge is 0.306 e. The Balaban J connectivity index is 1.24. The van der Waals surface area contributed by atoms with Crippen LogP contribution in [-0.2, 0) is 35.4 Å². The molecule has 240 valence electrons. The van der Waals surface area contributed by atoms with Gasteiger partial charge in [0.05, 0.1) is 31.1 Å². The zero-order chi connectivity index (χ0) is 31.2. The van der Waals surface area contributed by atoms with Gasteiger partial charge in [-0.3, -0.25) is 24.0 Å². The number of piperidine rings is 1. The summed E-state index contributed by atoms with van der Waals surface area (Å²) in [7, 11) is 3.65. The molecule has 0 spiro atoms. The van der Waals surface area contributed by atoms with Gasteiger partial charge in [0, 0.05) is 25.3 Å². The lowest BCUT2D eigenvalue weighted by Gasteiger charge is -2.31. The summed E-state index contributed by atoms with van der Waals surface area (Å²) in [5.74, 6) is -2.04. The number of likely N-dealkylation sites (N-methyl/N-ethyl adjacent to an activating group) is 1. The maximum Gasteiger partial charge on any atom is 0.306 e. The van der Waals surface area contributed by atoms with Crippen molar-refractivity contribution in [3.63, 3.8) is 0 Å². The zero-order valence-electron chi connectivity index (χ0n) is 25.8. The fourth-order valence-electron chi connectivity index (χ4n) is 5.87. The van der Waals surface area contributed by atoms with E-state index < -0.39 is 17.8 Å². The van der Waals surface area contributed by atoms with Gasteiger partial charge in [0.1, 0.15) is 0 Å². The number of amides is 3. The van der Waals surface area contributed by atoms with Gasteiger partial charge in [0.2, 0.25) is 11.8 Å². The molecule has 2 heterocycles. The molecule has 2 aliphatic rings. The van der Waals surface area contributed by atoms with E-state index in [-0.39, 0.29) is 43.0 Å². The number of carboxylic acid groups (broad SMARTS) is 1. The molecule has 12 nitrogen and oxygen atoms in total. The van der Waals surface area contributed by atoms with Crippen LogP contribution in [0.25, 0.3) is 0 Å². The van der Waals surface area contributed by atoms with Gasteiger partial charge in [-0.25, -0.2) is 5.48 Å². The van der Waals surface area contributed by atoms with Crippen LogP contribution in [0.15, 0.2) is 24.3 Å². The average molecular weight is 604 g/mol. The van der Waals surface area contributed by atoms with E-state index in [9.17, 15) is 19.2 Å². The van der Waals surface area contributed by atoms with E-state index >= 15 is 0 Å². The number of hydrogen-bond acceptors (Lipinski definition) is 8. The minimum atomic E-state index is -0.689. The summed E-state index contributed by atoms with van der Waals surface area (Å²) in [5.41, 5.74) is 3.85. The summed E-state index contributed by atoms with van der Waals surface area (Å²) >= 11 is 0. The number of carbonyl (C=O) groups excluding carboxylic acids is 3. The van der Waals surface area contributed by atoms with E-state index in [1.165, 1.54) is 0 Å². The Morgan fingerprint density at radius 3 is 2.35 bits per heavy atom. The van der Waals surface area contributed by atoms with Gasteiger partial charge in [-0.1, -0.05) is 25.5 Å². The number of methoxy groups -OCH3 is 1. The van der Waals surface area contributed by atoms with E-state index in [1.54, 1.807) is 19.2 Å². The van der Waals surface area contributed by atoms with Crippen LogP contribution in [-0.4, -0.2) is 97.6 Å². The second-order valence-electron chi connectivity index (χ2n) is 11.7. The first-order valence-electron chi connectivity index (χ1n) is 15.4. The first-order valence-corrected chi connectivity index (χ1v) is 15.4. The third-order valence-corrected chi connectivity index (χ3v) is 8.54. The summed E-state index contributed by atoms with van der Waals surface area (Å²) in [6.45, 7) is 5.34. The van der Waals surface area contributed by atoms with Gasteiger partial charge in [0.15, 0.2) is 0 Å². The molecule has 0 radical (unpaired) electrons. The Morgan fingerprint density at radius 2 is 1.72 bits per heavy atom. The number of rotatable bonds is 17. The first kappa shape index (κ1) is 34.4. The first-order chi connectivity index (χ1) is 20.7. The maximum atomic E-state index is 12.6. The van der Waals surface area contributed by atoms with Crippen LogP contribution in [0.2, 0.25) is 0 Å². The monoisotopic (exact) mass is 603 g/mol. The number of benzene rings is 1. The van der Waals surface area contributed by atoms with Gasteiger partial charge in [-0.15, -0.1) is 0 Å². The standard InChI is InChI=1S/C31H49N5O7/c1-22(29(42-3)26-8-7-16-35(26)2)30(39)32-20-28(38)34-43-21-23-10-12-25(13-11-23)33-27(37)9-5-4-6-17-36-18-14-24(15-19-36)31(40)41/h10-13,22,24,26,29H,4-9,14-21H2,1-3H3,(H,32,39)(H,33,37)(H,34,38)(H,40,41). The molecule has 2 saturated heterocycles. The summed E-state index contributed by atoms with van der Waals surface area (Å²) < 4.78 is 5.63. The molecule has 12 heteroatoms. The lowest BCUT2D eigenvalue weighted by molar-refractivity contribution is -0.143. The fourth-order valence-corrected chi connectivity index (χ4v) is 5.87. The number of unbranched alkanes of at least 4 members (excludes halogenated alkanes) is 2. The quantitative estimate of drug-likeness (QED) is 0.156. The molecule has 2 aliphatic heterocycles. The van der Waals surface area contributed by atoms with Crippen molar-refractivity contribution < 1.29 is 33.9 Å². The van der Waals surface area contributed by atoms with E-state index in [0.717, 1.165) is 63.8 Å². The van der Waals surface area contributed by atoms with Crippen molar-refractivity contribution in [2.45, 2.75) is 77.0 Å². The van der Waals surface area contributed by atoms with Gasteiger partial charge >= 0.3 is 5.97 Å². The van der Waals surface area contributed by atoms with Crippen molar-refractivity contribution >= 4 is 29.4 Å². The molecule has 0 aromatic heterocycles. The third-order valence-electron chi connectivity index (χ3n) is 8.54. The number of hydroxylamine groups is 1. The molecule has 0 saturated carbocycles. The number of carboxylic acids is 1. The number of nitrogens with zero attached hydrogens (tertiary/aromatic N) is 2. The van der Waals surface area contributed by atoms with Gasteiger partial charge in [-0.05, 0) is 89.4 Å². The van der Waals surface area contributed by atoms with Crippen LogP contribution in [0.5, 0.6) is 0 Å². The van der Waals surface area contributed by atoms with E-state index in [0.29, 0.717) is 24.9 Å². The number of nitrogens with one attached hydrogen (secondary N) is 3. The van der Waals surface area contributed by atoms with E-state index in [4.69, 9.17) is 14.7 Å². The van der Waals surface area contributed by atoms with E-state index in [2.05, 4.69) is 25.9 Å². The average Bonchev–Trinajstić information content (AvgIpc) is 3.42. The Kier molecular flexibility index (Phi) is 14.3. The zero-order valence-corrected chi connectivity index (χ0v) is 25.8. The largest absolute Gasteiger partial charge is 0.481 e. The molecule has 0 aliphatic carbocycles. The maximum absolute atomic E-state index is 12.6. The molecule has 4 N–H and O–H groups in total. The second-order valence-corrected chi connectivity index (χ2v) is 11.7. The highest BCUT2D eigenvalue weighted by atomic mass is 16.6. The fraction of sp³-hybridized carbons (Fsp3) is 0.677. The molecule has 1 aromatic rings. The summed E-state index contributed by atoms with van der Waals surface area (Å²) in [6.07, 6.45) is 6.42. The number of carbonyl (C=O) groups is 4. The number of aliphatic carboxylic acids is 1. The lowest BCUT2D eigenvalue weighted by atomic mass is 9.95. The molecule has 0 bridgehead atoms. The van der Waals surface area contributed by atoms with Crippen molar-refractivity contribution in [1.29, 1.82) is 0 Å². The molecule has 43 heavy (non-hydrogen) atoms. The number of ether oxygens (including phenoxy) is 1. The summed E-state index contributed by atoms with van der Waals surface area (Å²) in [5, 5.41) is 14.7. The normalized spacial score (nSPS) is 19.5. The van der Waals surface area contributed by atoms with Crippen LogP contribution in [0, 0.1) is 11.8 Å². The lowest BCUT2D eigenvalue weighted by Crippen LogP contribution is -2.48. The number of likely N-dealkylation sites (tertiary alicyclic amines) is 2. The highest BCUT2D eigenvalue weighted by Gasteiger charge is 2.36. The molecular weight excluding hydrogens is 554 g/mol. The van der Waals surface area contributed by atoms with Crippen molar-refractivity contribution in [3.05, 3.63) is 29.8 Å². The highest BCUT2D eigenvalue weighted by Crippen LogP contribution is 2.24. The molecule has 1 aromatic carbocycles. The number of anilines is 1. The Labute approximate surface area is 254 Å². The third kappa shape index (κ3) is 11.5. The predicted octanol–water partition coefficient (Wildman–Crippen LogP) is 2.39. The summed E-state index contributed by atoms with van der Waals surface area (Å²) in [4.78, 5) is 58.0. The SMILES string of the molecule is COC(C(C)C(=O)NCC(=O)NOCc1ccc(NC(=O)CCCCCN2CCC(C(=O)O)CC2)cc1)C1CCCN1C. The van der Waals surface area contributed by atoms with Crippen molar-refractivity contribution in [2.75, 3.05) is 52.2 Å². The Hall–Kier alpha value is -3.06. The van der Waals surface area contributed by atoms with Gasteiger partial charge in [0.25, 0.3) is 5.91 Å². The van der Waals surface area contributed by atoms with Crippen LogP contribution in [0.1, 0.15) is 63.9 Å². The van der Waals surface area contributed by atoms with Crippen molar-refractivity contribution in [1.82, 2.24) is 20.6 Å². The minimum Gasteiger partial charge on any atom is -0.481 e. The van der Waals surface area contributed by atoms with Gasteiger partial charge in [-0.2, -0.15) is 0 Å². The second kappa shape index (κ2) is 17.9.